The Kier molecular flexibility index (Phi) is 3.83. The van der Waals surface area contributed by atoms with E-state index >= 15 is 0 Å². The first kappa shape index (κ1) is 14.6. The van der Waals surface area contributed by atoms with Gasteiger partial charge >= 0.3 is 5.63 Å². The second-order valence-corrected chi connectivity index (χ2v) is 5.87. The van der Waals surface area contributed by atoms with Crippen molar-refractivity contribution in [3.63, 3.8) is 0 Å². The molecule has 1 aliphatic carbocycles. The minimum Gasteiger partial charge on any atom is -0.427 e. The monoisotopic (exact) mass is 301 g/mol. The number of H-pyrrole nitrogens is 1. The third-order valence-corrected chi connectivity index (χ3v) is 4.20. The fourth-order valence-electron chi connectivity index (χ4n) is 2.67. The van der Waals surface area contributed by atoms with Crippen LogP contribution in [-0.2, 0) is 6.54 Å². The molecule has 116 valence electrons. The summed E-state index contributed by atoms with van der Waals surface area (Å²) in [7, 11) is 1.65. The van der Waals surface area contributed by atoms with Crippen LogP contribution >= 0.6 is 0 Å². The van der Waals surface area contributed by atoms with Crippen LogP contribution in [0.25, 0.3) is 0 Å². The van der Waals surface area contributed by atoms with Crippen LogP contribution in [0.2, 0.25) is 0 Å². The molecule has 1 saturated carbocycles. The number of hydrogen-bond donors (Lipinski definition) is 1. The molecule has 22 heavy (non-hydrogen) atoms. The van der Waals surface area contributed by atoms with E-state index in [4.69, 9.17) is 4.42 Å². The molecule has 0 aliphatic heterocycles. The third kappa shape index (κ3) is 2.68. The van der Waals surface area contributed by atoms with Gasteiger partial charge in [-0.1, -0.05) is 6.42 Å². The largest absolute Gasteiger partial charge is 0.427 e. The number of rotatable bonds is 4. The standard InChI is InChI=1S/C16H19N3O3/c1-10-8-13(11-4-3-5-11)22-16(21)14(10)15(20)19(2)9-12-6-7-17-18-12/h6-8,11H,3-5,9H2,1-2H3,(H,17,18). The molecule has 1 fully saturated rings. The zero-order chi connectivity index (χ0) is 15.7. The lowest BCUT2D eigenvalue weighted by atomic mass is 9.83. The van der Waals surface area contributed by atoms with E-state index in [-0.39, 0.29) is 11.5 Å². The molecule has 0 spiro atoms. The number of carbonyl (C=O) groups is 1. The zero-order valence-electron chi connectivity index (χ0n) is 12.8. The predicted molar refractivity (Wildman–Crippen MR) is 80.7 cm³/mol. The van der Waals surface area contributed by atoms with Crippen LogP contribution in [0.1, 0.15) is 52.6 Å². The van der Waals surface area contributed by atoms with E-state index in [1.165, 1.54) is 11.3 Å². The highest BCUT2D eigenvalue weighted by Gasteiger charge is 2.26. The summed E-state index contributed by atoms with van der Waals surface area (Å²) in [6.07, 6.45) is 4.90. The highest BCUT2D eigenvalue weighted by Crippen LogP contribution is 2.36. The minimum atomic E-state index is -0.539. The number of amides is 1. The van der Waals surface area contributed by atoms with E-state index in [0.717, 1.165) is 18.5 Å². The van der Waals surface area contributed by atoms with Crippen LogP contribution in [0.15, 0.2) is 27.5 Å². The van der Waals surface area contributed by atoms with Crippen molar-refractivity contribution in [1.82, 2.24) is 15.1 Å². The highest BCUT2D eigenvalue weighted by molar-refractivity contribution is 5.94. The van der Waals surface area contributed by atoms with E-state index in [1.807, 2.05) is 6.07 Å². The van der Waals surface area contributed by atoms with Gasteiger partial charge in [-0.05, 0) is 37.5 Å². The van der Waals surface area contributed by atoms with E-state index in [9.17, 15) is 9.59 Å². The van der Waals surface area contributed by atoms with Gasteiger partial charge in [-0.25, -0.2) is 4.79 Å². The maximum atomic E-state index is 12.5. The van der Waals surface area contributed by atoms with Crippen molar-refractivity contribution in [3.8, 4) is 0 Å². The van der Waals surface area contributed by atoms with Gasteiger partial charge in [-0.3, -0.25) is 9.89 Å². The Bertz CT molecular complexity index is 730. The summed E-state index contributed by atoms with van der Waals surface area (Å²) >= 11 is 0. The van der Waals surface area contributed by atoms with Crippen LogP contribution in [0.4, 0.5) is 0 Å². The predicted octanol–water partition coefficient (Wildman–Crippen LogP) is 2.21. The molecule has 0 unspecified atom stereocenters. The lowest BCUT2D eigenvalue weighted by Crippen LogP contribution is -2.31. The quantitative estimate of drug-likeness (QED) is 0.939. The second-order valence-electron chi connectivity index (χ2n) is 5.87. The van der Waals surface area contributed by atoms with Gasteiger partial charge in [0.25, 0.3) is 5.91 Å². The Morgan fingerprint density at radius 3 is 2.82 bits per heavy atom. The maximum absolute atomic E-state index is 12.5. The lowest BCUT2D eigenvalue weighted by Gasteiger charge is -2.24. The van der Waals surface area contributed by atoms with Crippen molar-refractivity contribution in [3.05, 3.63) is 51.3 Å². The Balaban J connectivity index is 1.84. The maximum Gasteiger partial charge on any atom is 0.349 e. The normalized spacial score (nSPS) is 14.6. The number of carbonyl (C=O) groups excluding carboxylic acids is 1. The van der Waals surface area contributed by atoms with Crippen molar-refractivity contribution in [2.75, 3.05) is 7.05 Å². The van der Waals surface area contributed by atoms with Gasteiger partial charge in [0.05, 0.1) is 12.2 Å². The second kappa shape index (κ2) is 5.79. The molecule has 0 saturated heterocycles. The summed E-state index contributed by atoms with van der Waals surface area (Å²) in [5, 5.41) is 6.64. The highest BCUT2D eigenvalue weighted by atomic mass is 16.4. The molecule has 3 rings (SSSR count). The van der Waals surface area contributed by atoms with Crippen LogP contribution < -0.4 is 5.63 Å². The molecule has 0 radical (unpaired) electrons. The lowest BCUT2D eigenvalue weighted by molar-refractivity contribution is 0.0777. The fraction of sp³-hybridized carbons (Fsp3) is 0.438. The van der Waals surface area contributed by atoms with E-state index in [1.54, 1.807) is 26.2 Å². The molecule has 6 nitrogen and oxygen atoms in total. The average molecular weight is 301 g/mol. The van der Waals surface area contributed by atoms with Gasteiger partial charge in [0.1, 0.15) is 11.3 Å². The summed E-state index contributed by atoms with van der Waals surface area (Å²) in [5.41, 5.74) is 1.07. The van der Waals surface area contributed by atoms with E-state index in [2.05, 4.69) is 10.2 Å². The van der Waals surface area contributed by atoms with Crippen LogP contribution in [0.5, 0.6) is 0 Å². The van der Waals surface area contributed by atoms with E-state index in [0.29, 0.717) is 23.8 Å². The Morgan fingerprint density at radius 2 is 2.27 bits per heavy atom. The number of aromatic nitrogens is 2. The van der Waals surface area contributed by atoms with Gasteiger partial charge in [-0.15, -0.1) is 0 Å². The fourth-order valence-corrected chi connectivity index (χ4v) is 2.67. The molecule has 0 bridgehead atoms. The molecule has 1 amide bonds. The summed E-state index contributed by atoms with van der Waals surface area (Å²) in [6, 6.07) is 3.63. The Labute approximate surface area is 128 Å². The van der Waals surface area contributed by atoms with Crippen molar-refractivity contribution in [1.29, 1.82) is 0 Å². The summed E-state index contributed by atoms with van der Waals surface area (Å²) in [5.74, 6) is 0.709. The molecule has 0 aromatic carbocycles. The summed E-state index contributed by atoms with van der Waals surface area (Å²) in [6.45, 7) is 2.15. The van der Waals surface area contributed by atoms with Gasteiger partial charge in [0.2, 0.25) is 0 Å². The van der Waals surface area contributed by atoms with Crippen molar-refractivity contribution < 1.29 is 9.21 Å². The van der Waals surface area contributed by atoms with E-state index < -0.39 is 5.63 Å². The smallest absolute Gasteiger partial charge is 0.349 e. The third-order valence-electron chi connectivity index (χ3n) is 4.20. The van der Waals surface area contributed by atoms with Crippen LogP contribution in [-0.4, -0.2) is 28.1 Å². The van der Waals surface area contributed by atoms with Crippen LogP contribution in [0, 0.1) is 6.92 Å². The molecule has 2 aromatic rings. The Hall–Kier alpha value is -2.37. The molecule has 2 heterocycles. The number of nitrogens with zero attached hydrogens (tertiary/aromatic N) is 2. The van der Waals surface area contributed by atoms with Crippen molar-refractivity contribution in [2.24, 2.45) is 0 Å². The first-order chi connectivity index (χ1) is 10.6. The summed E-state index contributed by atoms with van der Waals surface area (Å²) < 4.78 is 5.38. The number of hydrogen-bond acceptors (Lipinski definition) is 4. The topological polar surface area (TPSA) is 79.2 Å². The van der Waals surface area contributed by atoms with Gasteiger partial charge < -0.3 is 9.32 Å². The van der Waals surface area contributed by atoms with Gasteiger partial charge in [0, 0.05) is 19.2 Å². The molecule has 1 aliphatic rings. The SMILES string of the molecule is Cc1cc(C2CCC2)oc(=O)c1C(=O)N(C)Cc1ccn[nH]1. The molecule has 2 aromatic heterocycles. The first-order valence-corrected chi connectivity index (χ1v) is 7.44. The van der Waals surface area contributed by atoms with Gasteiger partial charge in [-0.2, -0.15) is 5.10 Å². The Morgan fingerprint density at radius 1 is 1.50 bits per heavy atom. The average Bonchev–Trinajstić information content (AvgIpc) is 2.88. The molecule has 0 atom stereocenters. The minimum absolute atomic E-state index is 0.116. The first-order valence-electron chi connectivity index (χ1n) is 7.44. The van der Waals surface area contributed by atoms with Crippen molar-refractivity contribution >= 4 is 5.91 Å². The van der Waals surface area contributed by atoms with Crippen molar-refractivity contribution in [2.45, 2.75) is 38.6 Å². The van der Waals surface area contributed by atoms with Crippen LogP contribution in [0.3, 0.4) is 0 Å². The molecular weight excluding hydrogens is 282 g/mol. The van der Waals surface area contributed by atoms with Gasteiger partial charge in [0.15, 0.2) is 0 Å². The molecule has 6 heteroatoms. The number of aromatic amines is 1. The number of aryl methyl sites for hydroxylation is 1. The zero-order valence-corrected chi connectivity index (χ0v) is 12.8. The molecular formula is C16H19N3O3. The number of nitrogens with one attached hydrogen (secondary N) is 1. The molecule has 1 N–H and O–H groups in total. The summed E-state index contributed by atoms with van der Waals surface area (Å²) in [4.78, 5) is 26.2.